The van der Waals surface area contributed by atoms with Gasteiger partial charge in [-0.3, -0.25) is 9.00 Å². The zero-order chi connectivity index (χ0) is 14.5. The number of benzene rings is 2. The molecule has 0 saturated carbocycles. The zero-order valence-electron chi connectivity index (χ0n) is 10.9. The minimum Gasteiger partial charge on any atom is -0.508 e. The predicted octanol–water partition coefficient (Wildman–Crippen LogP) is 2.39. The van der Waals surface area contributed by atoms with E-state index in [4.69, 9.17) is 4.74 Å². The maximum atomic E-state index is 12.2. The van der Waals surface area contributed by atoms with Gasteiger partial charge in [0.15, 0.2) is 5.78 Å². The van der Waals surface area contributed by atoms with Crippen LogP contribution in [-0.2, 0) is 10.8 Å². The van der Waals surface area contributed by atoms with Crippen molar-refractivity contribution in [3.63, 3.8) is 0 Å². The smallest absolute Gasteiger partial charge is 0.179 e. The van der Waals surface area contributed by atoms with Crippen LogP contribution in [0.4, 0.5) is 0 Å². The van der Waals surface area contributed by atoms with Gasteiger partial charge < -0.3 is 9.84 Å². The monoisotopic (exact) mass is 290 g/mol. The van der Waals surface area contributed by atoms with E-state index in [0.717, 1.165) is 0 Å². The summed E-state index contributed by atoms with van der Waals surface area (Å²) in [5.41, 5.74) is 0.419. The zero-order valence-corrected chi connectivity index (χ0v) is 11.7. The summed E-state index contributed by atoms with van der Waals surface area (Å²) in [5.74, 6) is 0.210. The number of carbonyl (C=O) groups is 1. The number of para-hydroxylation sites is 1. The van der Waals surface area contributed by atoms with Gasteiger partial charge in [-0.05, 0) is 36.4 Å². The third-order valence-electron chi connectivity index (χ3n) is 2.77. The summed E-state index contributed by atoms with van der Waals surface area (Å²) >= 11 is 0. The van der Waals surface area contributed by atoms with Crippen molar-refractivity contribution in [2.24, 2.45) is 0 Å². The highest BCUT2D eigenvalue weighted by molar-refractivity contribution is 7.85. The first-order valence-corrected chi connectivity index (χ1v) is 7.27. The highest BCUT2D eigenvalue weighted by Gasteiger charge is 2.15. The third-order valence-corrected chi connectivity index (χ3v) is 4.09. The summed E-state index contributed by atoms with van der Waals surface area (Å²) in [5, 5.41) is 9.18. The Morgan fingerprint density at radius 1 is 1.15 bits per heavy atom. The number of phenolic OH excluding ortho intramolecular Hbond substituents is 1. The van der Waals surface area contributed by atoms with Crippen molar-refractivity contribution in [1.82, 2.24) is 0 Å². The maximum Gasteiger partial charge on any atom is 0.179 e. The van der Waals surface area contributed by atoms with Crippen LogP contribution in [0.3, 0.4) is 0 Å². The molecule has 20 heavy (non-hydrogen) atoms. The molecule has 0 fully saturated rings. The molecule has 0 saturated heterocycles. The Balaban J connectivity index is 2.15. The number of Topliss-reactive ketones (excluding diaryl/α,β-unsaturated/α-hetero) is 1. The van der Waals surface area contributed by atoms with Gasteiger partial charge in [0.05, 0.1) is 29.2 Å². The van der Waals surface area contributed by atoms with E-state index in [9.17, 15) is 14.1 Å². The van der Waals surface area contributed by atoms with Gasteiger partial charge in [-0.2, -0.15) is 0 Å². The van der Waals surface area contributed by atoms with E-state index in [1.165, 1.54) is 19.2 Å². The average molecular weight is 290 g/mol. The topological polar surface area (TPSA) is 63.6 Å². The number of hydrogen-bond donors (Lipinski definition) is 1. The van der Waals surface area contributed by atoms with E-state index in [1.54, 1.807) is 36.4 Å². The molecule has 2 aromatic carbocycles. The van der Waals surface area contributed by atoms with Crippen molar-refractivity contribution < 1.29 is 18.8 Å². The second kappa shape index (κ2) is 6.34. The predicted molar refractivity (Wildman–Crippen MR) is 76.7 cm³/mol. The largest absolute Gasteiger partial charge is 0.508 e. The summed E-state index contributed by atoms with van der Waals surface area (Å²) in [7, 11) is 0.0404. The van der Waals surface area contributed by atoms with E-state index in [-0.39, 0.29) is 17.3 Å². The lowest BCUT2D eigenvalue weighted by molar-refractivity contribution is 0.101. The van der Waals surface area contributed by atoms with Gasteiger partial charge in [-0.1, -0.05) is 12.1 Å². The van der Waals surface area contributed by atoms with Crippen LogP contribution in [0.1, 0.15) is 10.4 Å². The maximum absolute atomic E-state index is 12.2. The van der Waals surface area contributed by atoms with Crippen LogP contribution in [0.15, 0.2) is 53.4 Å². The summed E-state index contributed by atoms with van der Waals surface area (Å²) in [6.45, 7) is 0. The number of carbonyl (C=O) groups excluding carboxylic acids is 1. The van der Waals surface area contributed by atoms with E-state index in [1.807, 2.05) is 0 Å². The number of aromatic hydroxyl groups is 1. The first-order chi connectivity index (χ1) is 9.61. The molecular formula is C15H14O4S. The number of rotatable bonds is 5. The van der Waals surface area contributed by atoms with Gasteiger partial charge in [0.2, 0.25) is 0 Å². The molecule has 0 radical (unpaired) electrons. The summed E-state index contributed by atoms with van der Waals surface area (Å²) in [4.78, 5) is 12.7. The van der Waals surface area contributed by atoms with Gasteiger partial charge in [-0.25, -0.2) is 0 Å². The molecule has 0 aromatic heterocycles. The van der Waals surface area contributed by atoms with Crippen LogP contribution in [0, 0.1) is 0 Å². The van der Waals surface area contributed by atoms with E-state index >= 15 is 0 Å². The van der Waals surface area contributed by atoms with Crippen molar-refractivity contribution in [2.75, 3.05) is 12.9 Å². The normalized spacial score (nSPS) is 11.8. The second-order valence-electron chi connectivity index (χ2n) is 4.11. The quantitative estimate of drug-likeness (QED) is 0.859. The molecule has 1 unspecified atom stereocenters. The molecule has 2 rings (SSSR count). The van der Waals surface area contributed by atoms with Crippen LogP contribution in [0.25, 0.3) is 0 Å². The summed E-state index contributed by atoms with van der Waals surface area (Å²) in [6.07, 6.45) is 0. The Bertz CT molecular complexity index is 635. The lowest BCUT2D eigenvalue weighted by atomic mass is 10.1. The van der Waals surface area contributed by atoms with Gasteiger partial charge in [0.25, 0.3) is 0 Å². The van der Waals surface area contributed by atoms with Crippen molar-refractivity contribution >= 4 is 16.6 Å². The van der Waals surface area contributed by atoms with Gasteiger partial charge in [0.1, 0.15) is 11.5 Å². The first kappa shape index (κ1) is 14.3. The fourth-order valence-corrected chi connectivity index (χ4v) is 2.75. The molecule has 104 valence electrons. The molecule has 0 aliphatic heterocycles. The molecule has 5 heteroatoms. The molecule has 1 atom stereocenters. The standard InChI is InChI=1S/C15H14O4S/c1-19-15-5-3-2-4-13(15)14(17)10-20(18)12-8-6-11(16)7-9-12/h2-9,16H,10H2,1H3. The number of ether oxygens (including phenoxy) is 1. The van der Waals surface area contributed by atoms with Gasteiger partial charge >= 0.3 is 0 Å². The van der Waals surface area contributed by atoms with Crippen LogP contribution < -0.4 is 4.74 Å². The van der Waals surface area contributed by atoms with Crippen LogP contribution >= 0.6 is 0 Å². The number of methoxy groups -OCH3 is 1. The van der Waals surface area contributed by atoms with Crippen molar-refractivity contribution in [2.45, 2.75) is 4.90 Å². The van der Waals surface area contributed by atoms with Gasteiger partial charge in [0, 0.05) is 4.90 Å². The van der Waals surface area contributed by atoms with E-state index in [0.29, 0.717) is 16.2 Å². The highest BCUT2D eigenvalue weighted by Crippen LogP contribution is 2.19. The fourth-order valence-electron chi connectivity index (χ4n) is 1.75. The fraction of sp³-hybridized carbons (Fsp3) is 0.133. The molecule has 0 aliphatic carbocycles. The molecule has 0 heterocycles. The summed E-state index contributed by atoms with van der Waals surface area (Å²) < 4.78 is 17.2. The lowest BCUT2D eigenvalue weighted by Gasteiger charge is -2.07. The molecule has 0 aliphatic rings. The lowest BCUT2D eigenvalue weighted by Crippen LogP contribution is -2.12. The van der Waals surface area contributed by atoms with E-state index in [2.05, 4.69) is 0 Å². The molecule has 0 bridgehead atoms. The molecule has 4 nitrogen and oxygen atoms in total. The molecule has 0 amide bonds. The Labute approximate surface area is 119 Å². The number of ketones is 1. The van der Waals surface area contributed by atoms with Crippen LogP contribution in [0.5, 0.6) is 11.5 Å². The van der Waals surface area contributed by atoms with Crippen molar-refractivity contribution in [3.05, 3.63) is 54.1 Å². The Morgan fingerprint density at radius 3 is 2.45 bits per heavy atom. The average Bonchev–Trinajstić information content (AvgIpc) is 2.47. The number of hydrogen-bond acceptors (Lipinski definition) is 4. The summed E-state index contributed by atoms with van der Waals surface area (Å²) in [6, 6.07) is 12.8. The Morgan fingerprint density at radius 2 is 1.80 bits per heavy atom. The Hall–Kier alpha value is -2.14. The highest BCUT2D eigenvalue weighted by atomic mass is 32.2. The Kier molecular flexibility index (Phi) is 4.53. The molecule has 0 spiro atoms. The molecule has 1 N–H and O–H groups in total. The van der Waals surface area contributed by atoms with Crippen molar-refractivity contribution in [3.8, 4) is 11.5 Å². The van der Waals surface area contributed by atoms with Crippen LogP contribution in [-0.4, -0.2) is 28.0 Å². The first-order valence-electron chi connectivity index (χ1n) is 5.95. The van der Waals surface area contributed by atoms with E-state index < -0.39 is 10.8 Å². The van der Waals surface area contributed by atoms with Crippen LogP contribution in [0.2, 0.25) is 0 Å². The number of phenols is 1. The van der Waals surface area contributed by atoms with Crippen molar-refractivity contribution in [1.29, 1.82) is 0 Å². The van der Waals surface area contributed by atoms with Gasteiger partial charge in [-0.15, -0.1) is 0 Å². The molecular weight excluding hydrogens is 276 g/mol. The minimum atomic E-state index is -1.45. The SMILES string of the molecule is COc1ccccc1C(=O)CS(=O)c1ccc(O)cc1. The minimum absolute atomic E-state index is 0.0989. The molecule has 2 aromatic rings. The second-order valence-corrected chi connectivity index (χ2v) is 5.56. The third kappa shape index (κ3) is 3.24.